The first-order valence-corrected chi connectivity index (χ1v) is 8.19. The maximum atomic E-state index is 14.8. The van der Waals surface area contributed by atoms with Crippen molar-refractivity contribution in [1.82, 2.24) is 4.90 Å². The van der Waals surface area contributed by atoms with Gasteiger partial charge in [0.05, 0.1) is 11.3 Å². The molecular weight excluding hydrogens is 358 g/mol. The molecule has 2 aromatic carbocycles. The minimum Gasteiger partial charge on any atom is -0.487 e. The average molecular weight is 375 g/mol. The Morgan fingerprint density at radius 1 is 1.04 bits per heavy atom. The zero-order valence-corrected chi connectivity index (χ0v) is 14.6. The van der Waals surface area contributed by atoms with Gasteiger partial charge in [-0.2, -0.15) is 0 Å². The summed E-state index contributed by atoms with van der Waals surface area (Å²) < 4.78 is 58.9. The molecule has 2 aromatic rings. The summed E-state index contributed by atoms with van der Waals surface area (Å²) in [5.41, 5.74) is 1.97. The predicted molar refractivity (Wildman–Crippen MR) is 97.2 cm³/mol. The third-order valence-corrected chi connectivity index (χ3v) is 4.18. The molecule has 0 unspecified atom stereocenters. The summed E-state index contributed by atoms with van der Waals surface area (Å²) in [6.07, 6.45) is 0.760. The fourth-order valence-corrected chi connectivity index (χ4v) is 2.87. The van der Waals surface area contributed by atoms with Gasteiger partial charge < -0.3 is 9.64 Å². The van der Waals surface area contributed by atoms with Crippen molar-refractivity contribution >= 4 is 11.3 Å². The highest BCUT2D eigenvalue weighted by molar-refractivity contribution is 5.97. The van der Waals surface area contributed by atoms with Crippen LogP contribution in [0.5, 0.6) is 5.75 Å². The quantitative estimate of drug-likeness (QED) is 0.641. The third kappa shape index (κ3) is 3.89. The second-order valence-corrected chi connectivity index (χ2v) is 5.98. The van der Waals surface area contributed by atoms with E-state index in [9.17, 15) is 17.6 Å². The van der Waals surface area contributed by atoms with E-state index >= 15 is 0 Å². The van der Waals surface area contributed by atoms with Crippen LogP contribution in [-0.2, 0) is 0 Å². The number of hydrogen-bond acceptors (Lipinski definition) is 2. The number of benzene rings is 2. The van der Waals surface area contributed by atoms with Crippen LogP contribution in [0.4, 0.5) is 17.6 Å². The van der Waals surface area contributed by atoms with Gasteiger partial charge in [0.1, 0.15) is 24.0 Å². The van der Waals surface area contributed by atoms with Crippen molar-refractivity contribution in [3.63, 3.8) is 0 Å². The number of allylic oxidation sites excluding steroid dienone is 3. The van der Waals surface area contributed by atoms with Gasteiger partial charge in [0, 0.05) is 30.5 Å². The average Bonchev–Trinajstić information content (AvgIpc) is 2.63. The molecule has 0 amide bonds. The third-order valence-electron chi connectivity index (χ3n) is 4.18. The van der Waals surface area contributed by atoms with Crippen molar-refractivity contribution < 1.29 is 22.3 Å². The molecular formula is C21H17F4NO. The molecule has 0 fully saturated rings. The Morgan fingerprint density at radius 3 is 2.26 bits per heavy atom. The number of nitrogens with zero attached hydrogens (tertiary/aromatic N) is 1. The molecule has 0 N–H and O–H groups in total. The first-order chi connectivity index (χ1) is 12.9. The van der Waals surface area contributed by atoms with Crippen LogP contribution in [-0.4, -0.2) is 25.0 Å². The van der Waals surface area contributed by atoms with Crippen LogP contribution in [0.2, 0.25) is 0 Å². The van der Waals surface area contributed by atoms with Gasteiger partial charge in [0.25, 0.3) is 6.43 Å². The first kappa shape index (κ1) is 18.8. The molecule has 0 saturated heterocycles. The Hall–Kier alpha value is -3.02. The second-order valence-electron chi connectivity index (χ2n) is 5.98. The lowest BCUT2D eigenvalue weighted by atomic mass is 9.94. The minimum atomic E-state index is -2.74. The van der Waals surface area contributed by atoms with E-state index in [4.69, 9.17) is 4.74 Å². The maximum absolute atomic E-state index is 14.8. The van der Waals surface area contributed by atoms with Crippen LogP contribution >= 0.6 is 0 Å². The highest BCUT2D eigenvalue weighted by Gasteiger charge is 2.25. The van der Waals surface area contributed by atoms with Crippen LogP contribution in [0, 0.1) is 11.6 Å². The molecule has 1 heterocycles. The lowest BCUT2D eigenvalue weighted by molar-refractivity contribution is 0.0815. The van der Waals surface area contributed by atoms with Gasteiger partial charge in [0.2, 0.25) is 0 Å². The Bertz CT molecular complexity index is 896. The van der Waals surface area contributed by atoms with E-state index < -0.39 is 24.7 Å². The van der Waals surface area contributed by atoms with E-state index in [1.54, 1.807) is 24.1 Å². The van der Waals surface area contributed by atoms with Gasteiger partial charge in [-0.15, -0.1) is 0 Å². The smallest absolute Gasteiger partial charge is 0.272 e. The number of rotatable bonds is 5. The van der Waals surface area contributed by atoms with Gasteiger partial charge in [-0.1, -0.05) is 43.0 Å². The Labute approximate surface area is 154 Å². The number of halogens is 4. The van der Waals surface area contributed by atoms with Crippen molar-refractivity contribution in [2.45, 2.75) is 6.43 Å². The molecule has 0 spiro atoms. The van der Waals surface area contributed by atoms with E-state index in [-0.39, 0.29) is 11.3 Å². The van der Waals surface area contributed by atoms with Crippen molar-refractivity contribution in [1.29, 1.82) is 0 Å². The molecule has 140 valence electrons. The Balaban J connectivity index is 2.14. The summed E-state index contributed by atoms with van der Waals surface area (Å²) in [6.45, 7) is 2.94. The Morgan fingerprint density at radius 2 is 1.67 bits per heavy atom. The fraction of sp³-hybridized carbons (Fsp3) is 0.143. The molecule has 1 aliphatic rings. The van der Waals surface area contributed by atoms with Gasteiger partial charge in [-0.05, 0) is 11.6 Å². The van der Waals surface area contributed by atoms with E-state index in [2.05, 4.69) is 6.58 Å². The van der Waals surface area contributed by atoms with E-state index in [1.807, 2.05) is 30.3 Å². The summed E-state index contributed by atoms with van der Waals surface area (Å²) in [5, 5.41) is 0. The summed E-state index contributed by atoms with van der Waals surface area (Å²) in [5.74, 6) is -2.10. The molecule has 2 nitrogen and oxygen atoms in total. The van der Waals surface area contributed by atoms with Crippen LogP contribution in [0.1, 0.15) is 11.1 Å². The lowest BCUT2D eigenvalue weighted by Gasteiger charge is -2.30. The summed E-state index contributed by atoms with van der Waals surface area (Å²) in [4.78, 5) is 1.59. The second kappa shape index (κ2) is 7.70. The van der Waals surface area contributed by atoms with Crippen LogP contribution in [0.15, 0.2) is 66.9 Å². The van der Waals surface area contributed by atoms with Gasteiger partial charge in [-0.3, -0.25) is 0 Å². The maximum Gasteiger partial charge on any atom is 0.272 e. The van der Waals surface area contributed by atoms with Crippen LogP contribution < -0.4 is 4.74 Å². The van der Waals surface area contributed by atoms with Crippen molar-refractivity contribution in [3.05, 3.63) is 89.7 Å². The highest BCUT2D eigenvalue weighted by atomic mass is 19.3. The summed E-state index contributed by atoms with van der Waals surface area (Å²) in [7, 11) is 1.66. The number of ether oxygens (including phenoxy) is 1. The first-order valence-electron chi connectivity index (χ1n) is 8.19. The van der Waals surface area contributed by atoms with Crippen molar-refractivity contribution in [2.24, 2.45) is 0 Å². The summed E-state index contributed by atoms with van der Waals surface area (Å²) >= 11 is 0. The molecule has 0 saturated carbocycles. The van der Waals surface area contributed by atoms with E-state index in [0.717, 1.165) is 17.7 Å². The largest absolute Gasteiger partial charge is 0.487 e. The molecule has 27 heavy (non-hydrogen) atoms. The molecule has 0 bridgehead atoms. The molecule has 0 aromatic heterocycles. The lowest BCUT2D eigenvalue weighted by Crippen LogP contribution is -2.20. The zero-order valence-electron chi connectivity index (χ0n) is 14.6. The summed E-state index contributed by atoms with van der Waals surface area (Å²) in [6, 6.07) is 11.0. The number of hydrogen-bond donors (Lipinski definition) is 0. The number of likely N-dealkylation sites (N-methyl/N-ethyl adjacent to an activating group) is 1. The normalized spacial score (nSPS) is 14.3. The van der Waals surface area contributed by atoms with E-state index in [1.165, 1.54) is 0 Å². The Kier molecular flexibility index (Phi) is 5.35. The van der Waals surface area contributed by atoms with Gasteiger partial charge in [-0.25, -0.2) is 17.6 Å². The molecule has 0 aliphatic carbocycles. The minimum absolute atomic E-state index is 0.272. The fourth-order valence-electron chi connectivity index (χ4n) is 2.87. The predicted octanol–water partition coefficient (Wildman–Crippen LogP) is 5.49. The van der Waals surface area contributed by atoms with Crippen LogP contribution in [0.25, 0.3) is 11.3 Å². The monoisotopic (exact) mass is 375 g/mol. The zero-order chi connectivity index (χ0) is 19.6. The molecule has 1 aliphatic heterocycles. The van der Waals surface area contributed by atoms with Gasteiger partial charge in [0.15, 0.2) is 0 Å². The molecule has 0 radical (unpaired) electrons. The van der Waals surface area contributed by atoms with Crippen molar-refractivity contribution in [2.75, 3.05) is 13.7 Å². The van der Waals surface area contributed by atoms with E-state index in [0.29, 0.717) is 17.0 Å². The molecule has 0 atom stereocenters. The van der Waals surface area contributed by atoms with Gasteiger partial charge >= 0.3 is 0 Å². The topological polar surface area (TPSA) is 12.5 Å². The van der Waals surface area contributed by atoms with Crippen molar-refractivity contribution in [3.8, 4) is 5.75 Å². The van der Waals surface area contributed by atoms with Crippen LogP contribution in [0.3, 0.4) is 0 Å². The molecule has 3 rings (SSSR count). The standard InChI is InChI=1S/C21H17F4NO/c1-13-8-9-16(14-6-4-3-5-7-14)21(26(13)2)20-17(22)10-15(11-18(20)23)27-12-19(24)25/h3-11,19H,1,12H2,2H3. The number of alkyl halides is 2. The molecule has 6 heteroatoms. The highest BCUT2D eigenvalue weighted by Crippen LogP contribution is 2.38. The SMILES string of the molecule is C=C1C=CC(c2ccccc2)=C(c2c(F)cc(OCC(F)F)cc2F)N1C.